The first-order valence-electron chi connectivity index (χ1n) is 7.29. The zero-order valence-electron chi connectivity index (χ0n) is 12.8. The molecule has 1 aliphatic rings. The second-order valence-corrected chi connectivity index (χ2v) is 5.40. The smallest absolute Gasteiger partial charge is 0.126 e. The van der Waals surface area contributed by atoms with Gasteiger partial charge < -0.3 is 14.8 Å². The van der Waals surface area contributed by atoms with Crippen LogP contribution >= 0.6 is 0 Å². The van der Waals surface area contributed by atoms with Crippen molar-refractivity contribution in [2.24, 2.45) is 0 Å². The second kappa shape index (κ2) is 5.78. The summed E-state index contributed by atoms with van der Waals surface area (Å²) in [6.07, 6.45) is 1.01. The third kappa shape index (κ3) is 2.49. The lowest BCUT2D eigenvalue weighted by Crippen LogP contribution is -2.24. The number of fused-ring (bicyclic) bond motifs is 1. The number of nitrogens with one attached hydrogen (secondary N) is 1. The molecule has 110 valence electrons. The van der Waals surface area contributed by atoms with Crippen LogP contribution in [-0.4, -0.2) is 20.8 Å². The largest absolute Gasteiger partial charge is 0.496 e. The quantitative estimate of drug-likeness (QED) is 0.937. The topological polar surface area (TPSA) is 30.5 Å². The van der Waals surface area contributed by atoms with Crippen molar-refractivity contribution in [3.05, 3.63) is 47.0 Å². The summed E-state index contributed by atoms with van der Waals surface area (Å²) in [5.74, 6) is 1.89. The molecule has 0 atom stereocenters. The molecule has 0 amide bonds. The van der Waals surface area contributed by atoms with Crippen LogP contribution in [-0.2, 0) is 13.0 Å². The number of benzene rings is 2. The number of methoxy groups -OCH3 is 2. The highest BCUT2D eigenvalue weighted by Gasteiger charge is 2.19. The molecule has 1 N–H and O–H groups in total. The minimum Gasteiger partial charge on any atom is -0.496 e. The molecule has 2 aromatic rings. The van der Waals surface area contributed by atoms with Crippen LogP contribution in [0.15, 0.2) is 30.3 Å². The fourth-order valence-electron chi connectivity index (χ4n) is 3.05. The van der Waals surface area contributed by atoms with Gasteiger partial charge in [0.2, 0.25) is 0 Å². The molecule has 0 fully saturated rings. The highest BCUT2D eigenvalue weighted by Crippen LogP contribution is 2.38. The van der Waals surface area contributed by atoms with E-state index < -0.39 is 0 Å². The molecule has 1 aliphatic heterocycles. The van der Waals surface area contributed by atoms with E-state index in [1.807, 2.05) is 6.07 Å². The Morgan fingerprint density at radius 3 is 2.43 bits per heavy atom. The van der Waals surface area contributed by atoms with Crippen LogP contribution in [0.1, 0.15) is 16.7 Å². The van der Waals surface area contributed by atoms with Gasteiger partial charge in [0.15, 0.2) is 0 Å². The van der Waals surface area contributed by atoms with E-state index >= 15 is 0 Å². The molecule has 3 nitrogen and oxygen atoms in total. The highest BCUT2D eigenvalue weighted by molar-refractivity contribution is 5.76. The predicted octanol–water partition coefficient (Wildman–Crippen LogP) is 3.32. The van der Waals surface area contributed by atoms with Crippen molar-refractivity contribution in [2.75, 3.05) is 20.8 Å². The fourth-order valence-corrected chi connectivity index (χ4v) is 3.05. The third-order valence-electron chi connectivity index (χ3n) is 4.11. The monoisotopic (exact) mass is 283 g/mol. The molecule has 0 unspecified atom stereocenters. The lowest BCUT2D eigenvalue weighted by molar-refractivity contribution is 0.404. The molecule has 0 bridgehead atoms. The summed E-state index contributed by atoms with van der Waals surface area (Å²) >= 11 is 0. The van der Waals surface area contributed by atoms with Crippen LogP contribution in [0.5, 0.6) is 11.5 Å². The summed E-state index contributed by atoms with van der Waals surface area (Å²) in [4.78, 5) is 0. The maximum Gasteiger partial charge on any atom is 0.126 e. The standard InChI is InChI=1S/C18H21NO2/c1-12-4-6-17(20-2)15(10-12)13-5-7-18(21-3)16-11-19-9-8-14(13)16/h4-7,10,19H,8-9,11H2,1-3H3. The normalized spacial score (nSPS) is 13.7. The second-order valence-electron chi connectivity index (χ2n) is 5.40. The Balaban J connectivity index is 2.21. The molecule has 0 saturated heterocycles. The molecule has 0 saturated carbocycles. The van der Waals surface area contributed by atoms with E-state index in [9.17, 15) is 0 Å². The number of ether oxygens (including phenoxy) is 2. The minimum absolute atomic E-state index is 0.862. The Bertz CT molecular complexity index is 665. The van der Waals surface area contributed by atoms with Crippen molar-refractivity contribution >= 4 is 0 Å². The van der Waals surface area contributed by atoms with Gasteiger partial charge in [0.05, 0.1) is 14.2 Å². The van der Waals surface area contributed by atoms with Crippen molar-refractivity contribution in [1.29, 1.82) is 0 Å². The van der Waals surface area contributed by atoms with Crippen LogP contribution in [0.25, 0.3) is 11.1 Å². The molecule has 0 aromatic heterocycles. The molecule has 1 heterocycles. The lowest BCUT2D eigenvalue weighted by atomic mass is 9.89. The van der Waals surface area contributed by atoms with E-state index in [-0.39, 0.29) is 0 Å². The zero-order chi connectivity index (χ0) is 14.8. The van der Waals surface area contributed by atoms with Crippen LogP contribution in [0.2, 0.25) is 0 Å². The maximum atomic E-state index is 5.56. The van der Waals surface area contributed by atoms with Crippen LogP contribution in [0.3, 0.4) is 0 Å². The summed E-state index contributed by atoms with van der Waals surface area (Å²) in [5, 5.41) is 3.42. The third-order valence-corrected chi connectivity index (χ3v) is 4.11. The first-order valence-corrected chi connectivity index (χ1v) is 7.29. The average molecular weight is 283 g/mol. The van der Waals surface area contributed by atoms with Gasteiger partial charge in [0, 0.05) is 17.7 Å². The van der Waals surface area contributed by atoms with Crippen LogP contribution < -0.4 is 14.8 Å². The summed E-state index contributed by atoms with van der Waals surface area (Å²) in [6.45, 7) is 3.97. The molecule has 21 heavy (non-hydrogen) atoms. The predicted molar refractivity (Wildman–Crippen MR) is 85.1 cm³/mol. The summed E-state index contributed by atoms with van der Waals surface area (Å²) in [6, 6.07) is 10.5. The SMILES string of the molecule is COc1ccc(C)cc1-c1ccc(OC)c2c1CCNC2. The van der Waals surface area contributed by atoms with Gasteiger partial charge in [0.25, 0.3) is 0 Å². The van der Waals surface area contributed by atoms with Gasteiger partial charge in [-0.25, -0.2) is 0 Å². The van der Waals surface area contributed by atoms with Crippen molar-refractivity contribution in [2.45, 2.75) is 19.9 Å². The van der Waals surface area contributed by atoms with Crippen molar-refractivity contribution in [1.82, 2.24) is 5.32 Å². The number of hydrogen-bond acceptors (Lipinski definition) is 3. The van der Waals surface area contributed by atoms with Gasteiger partial charge in [-0.05, 0) is 49.2 Å². The van der Waals surface area contributed by atoms with E-state index in [0.717, 1.165) is 31.0 Å². The number of rotatable bonds is 3. The van der Waals surface area contributed by atoms with Gasteiger partial charge in [0.1, 0.15) is 11.5 Å². The lowest BCUT2D eigenvalue weighted by Gasteiger charge is -2.24. The summed E-state index contributed by atoms with van der Waals surface area (Å²) in [5.41, 5.74) is 6.30. The number of aryl methyl sites for hydroxylation is 1. The van der Waals surface area contributed by atoms with Gasteiger partial charge in [-0.1, -0.05) is 17.7 Å². The highest BCUT2D eigenvalue weighted by atomic mass is 16.5. The molecule has 3 rings (SSSR count). The molecule has 2 aromatic carbocycles. The Morgan fingerprint density at radius 1 is 0.905 bits per heavy atom. The van der Waals surface area contributed by atoms with E-state index in [4.69, 9.17) is 9.47 Å². The van der Waals surface area contributed by atoms with Crippen molar-refractivity contribution in [3.8, 4) is 22.6 Å². The van der Waals surface area contributed by atoms with E-state index in [2.05, 4.69) is 36.5 Å². The van der Waals surface area contributed by atoms with E-state index in [1.54, 1.807) is 14.2 Å². The molecule has 0 spiro atoms. The van der Waals surface area contributed by atoms with E-state index in [1.165, 1.54) is 27.8 Å². The van der Waals surface area contributed by atoms with Crippen LogP contribution in [0, 0.1) is 6.92 Å². The first-order chi connectivity index (χ1) is 10.2. The van der Waals surface area contributed by atoms with E-state index in [0.29, 0.717) is 0 Å². The summed E-state index contributed by atoms with van der Waals surface area (Å²) in [7, 11) is 3.46. The van der Waals surface area contributed by atoms with Crippen molar-refractivity contribution < 1.29 is 9.47 Å². The Hall–Kier alpha value is -2.00. The molecular formula is C18H21NO2. The zero-order valence-corrected chi connectivity index (χ0v) is 12.8. The van der Waals surface area contributed by atoms with Gasteiger partial charge in [-0.15, -0.1) is 0 Å². The molecule has 0 aliphatic carbocycles. The maximum absolute atomic E-state index is 5.56. The van der Waals surface area contributed by atoms with Gasteiger partial charge in [-0.3, -0.25) is 0 Å². The number of hydrogen-bond donors (Lipinski definition) is 1. The van der Waals surface area contributed by atoms with Gasteiger partial charge in [-0.2, -0.15) is 0 Å². The minimum atomic E-state index is 0.862. The molecule has 3 heteroatoms. The Labute approximate surface area is 125 Å². The fraction of sp³-hybridized carbons (Fsp3) is 0.333. The average Bonchev–Trinajstić information content (AvgIpc) is 2.53. The van der Waals surface area contributed by atoms with Crippen LogP contribution in [0.4, 0.5) is 0 Å². The van der Waals surface area contributed by atoms with Crippen molar-refractivity contribution in [3.63, 3.8) is 0 Å². The Morgan fingerprint density at radius 2 is 1.67 bits per heavy atom. The van der Waals surface area contributed by atoms with Gasteiger partial charge >= 0.3 is 0 Å². The summed E-state index contributed by atoms with van der Waals surface area (Å²) < 4.78 is 11.1. The molecule has 0 radical (unpaired) electrons. The first kappa shape index (κ1) is 14.0. The Kier molecular flexibility index (Phi) is 3.84. The molecular weight excluding hydrogens is 262 g/mol.